The summed E-state index contributed by atoms with van der Waals surface area (Å²) in [5.74, 6) is 0. The summed E-state index contributed by atoms with van der Waals surface area (Å²) < 4.78 is 22.5. The summed E-state index contributed by atoms with van der Waals surface area (Å²) in [4.78, 5) is 12.1. The fraction of sp³-hybridized carbons (Fsp3) is 0. The number of hydrogen-bond donors (Lipinski definition) is 0. The summed E-state index contributed by atoms with van der Waals surface area (Å²) in [6, 6.07) is 17.5. The molecule has 3 rings (SSSR count). The van der Waals surface area contributed by atoms with Crippen molar-refractivity contribution in [3.8, 4) is 0 Å². The molecule has 0 aliphatic carbocycles. The van der Waals surface area contributed by atoms with Crippen molar-refractivity contribution in [2.75, 3.05) is 0 Å². The van der Waals surface area contributed by atoms with E-state index in [0.717, 1.165) is 10.9 Å². The topological polar surface area (TPSA) is 89.7 Å². The predicted molar refractivity (Wildman–Crippen MR) is 76.6 cm³/mol. The molecule has 0 saturated carbocycles. The molecule has 0 N–H and O–H groups in total. The van der Waals surface area contributed by atoms with Crippen LogP contribution in [-0.2, 0) is 39.2 Å². The van der Waals surface area contributed by atoms with Gasteiger partial charge in [0.2, 0.25) is 0 Å². The molecule has 0 aliphatic heterocycles. The van der Waals surface area contributed by atoms with Crippen LogP contribution in [0.1, 0.15) is 0 Å². The van der Waals surface area contributed by atoms with Gasteiger partial charge in [-0.2, -0.15) is 0 Å². The van der Waals surface area contributed by atoms with E-state index in [2.05, 4.69) is 62.1 Å². The molecule has 115 valence electrons. The number of benzene rings is 2. The summed E-state index contributed by atoms with van der Waals surface area (Å²) in [5.41, 5.74) is 1.03. The number of nitrogens with zero attached hydrogens (tertiary/aromatic N) is 1. The van der Waals surface area contributed by atoms with Crippen molar-refractivity contribution in [2.45, 2.75) is 0 Å². The average Bonchev–Trinajstić information content (AvgIpc) is 2.68. The molecule has 0 fully saturated rings. The second kappa shape index (κ2) is 17.7. The Balaban J connectivity index is -0.000000394. The van der Waals surface area contributed by atoms with E-state index in [9.17, 15) is 0 Å². The molecular weight excluding hydrogens is 468 g/mol. The number of hydrogen-bond acceptors (Lipinski definition) is 2. The van der Waals surface area contributed by atoms with Crippen LogP contribution in [0.2, 0.25) is 0 Å². The number of aromatic nitrogens is 1. The predicted octanol–water partition coefficient (Wildman–Crippen LogP) is 2.80. The summed E-state index contributed by atoms with van der Waals surface area (Å²) >= 11 is 0. The van der Waals surface area contributed by atoms with Crippen LogP contribution in [0.15, 0.2) is 48.7 Å². The zero-order valence-electron chi connectivity index (χ0n) is 11.7. The first-order valence-electron chi connectivity index (χ1n) is 5.44. The molecule has 0 amide bonds. The van der Waals surface area contributed by atoms with Crippen LogP contribution in [0.4, 0.5) is 0 Å². The minimum absolute atomic E-state index is 0. The molecule has 6 heteroatoms. The molecule has 1 radical (unpaired) electrons. The van der Waals surface area contributed by atoms with Gasteiger partial charge in [0.1, 0.15) is 0 Å². The number of rotatable bonds is 0. The van der Waals surface area contributed by atoms with Gasteiger partial charge < -0.3 is 9.78 Å². The van der Waals surface area contributed by atoms with Crippen molar-refractivity contribution in [3.05, 3.63) is 74.7 Å². The van der Waals surface area contributed by atoms with Gasteiger partial charge in [-0.1, -0.05) is 18.2 Å². The van der Waals surface area contributed by atoms with Crippen molar-refractivity contribution in [1.29, 1.82) is 0 Å². The second-order valence-corrected chi connectivity index (χ2v) is 3.28. The van der Waals surface area contributed by atoms with E-state index in [1.807, 2.05) is 24.4 Å². The smallest absolute Gasteiger partial charge is 0.0161 e. The third kappa shape index (κ3) is 7.47. The summed E-state index contributed by atoms with van der Waals surface area (Å²) in [5, 5.41) is 3.46. The normalized spacial score (nSPS) is 7.04. The van der Waals surface area contributed by atoms with E-state index in [1.54, 1.807) is 0 Å². The second-order valence-electron chi connectivity index (χ2n) is 3.28. The molecule has 0 saturated heterocycles. The Morgan fingerprint density at radius 3 is 2.00 bits per heavy atom. The molecular formula is C17H9NO4Re-2. The van der Waals surface area contributed by atoms with Crippen LogP contribution < -0.4 is 0 Å². The third-order valence-corrected chi connectivity index (χ3v) is 2.41. The van der Waals surface area contributed by atoms with Gasteiger partial charge in [0.15, 0.2) is 0 Å². The van der Waals surface area contributed by atoms with E-state index in [0.29, 0.717) is 0 Å². The van der Waals surface area contributed by atoms with Gasteiger partial charge in [-0.15, -0.1) is 35.0 Å². The number of carbonyl (C=O) groups excluding carboxylic acids is 1. The Hall–Kier alpha value is -2.34. The Morgan fingerprint density at radius 2 is 1.39 bits per heavy atom. The van der Waals surface area contributed by atoms with E-state index < -0.39 is 0 Å². The largest absolute Gasteiger partial charge is 0.545 e. The summed E-state index contributed by atoms with van der Waals surface area (Å²) in [7, 11) is 0. The van der Waals surface area contributed by atoms with Gasteiger partial charge in [-0.05, 0) is 17.0 Å². The summed E-state index contributed by atoms with van der Waals surface area (Å²) in [6.07, 6.45) is 1.82. The molecule has 1 aromatic heterocycles. The first-order chi connectivity index (χ1) is 10.9. The van der Waals surface area contributed by atoms with Crippen LogP contribution in [0.5, 0.6) is 0 Å². The van der Waals surface area contributed by atoms with Crippen molar-refractivity contribution in [2.24, 2.45) is 0 Å². The number of fused-ring (bicyclic) bond motifs is 3. The van der Waals surface area contributed by atoms with Crippen LogP contribution in [0, 0.1) is 26.0 Å². The van der Waals surface area contributed by atoms with Crippen LogP contribution >= 0.6 is 0 Å². The average molecular weight is 477 g/mol. The minimum Gasteiger partial charge on any atom is -0.545 e. The van der Waals surface area contributed by atoms with Gasteiger partial charge in [0.25, 0.3) is 0 Å². The van der Waals surface area contributed by atoms with E-state index >= 15 is 0 Å². The van der Waals surface area contributed by atoms with Gasteiger partial charge in [-0.3, -0.25) is 6.79 Å². The molecule has 0 bridgehead atoms. The molecule has 23 heavy (non-hydrogen) atoms. The van der Waals surface area contributed by atoms with Crippen LogP contribution in [-0.4, -0.2) is 11.8 Å². The Bertz CT molecular complexity index is 684. The molecule has 0 aliphatic rings. The minimum atomic E-state index is 0. The first kappa shape index (κ1) is 25.6. The van der Waals surface area contributed by atoms with E-state index in [4.69, 9.17) is 18.8 Å². The molecule has 0 atom stereocenters. The molecule has 2 aromatic carbocycles. The van der Waals surface area contributed by atoms with Gasteiger partial charge in [0, 0.05) is 26.6 Å². The number of pyridine rings is 1. The zero-order valence-corrected chi connectivity index (χ0v) is 14.4. The fourth-order valence-electron chi connectivity index (χ4n) is 1.73. The Labute approximate surface area is 147 Å². The van der Waals surface area contributed by atoms with Gasteiger partial charge in [0.05, 0.1) is 0 Å². The summed E-state index contributed by atoms with van der Waals surface area (Å²) in [6.45, 7) is 16.8. The zero-order chi connectivity index (χ0) is 17.4. The molecule has 1 heterocycles. The molecule has 3 aromatic rings. The van der Waals surface area contributed by atoms with Gasteiger partial charge in [-0.25, -0.2) is 0 Å². The van der Waals surface area contributed by atoms with Crippen molar-refractivity contribution >= 4 is 28.5 Å². The maximum absolute atomic E-state index is 7.75. The maximum Gasteiger partial charge on any atom is 0.0161 e. The Kier molecular flexibility index (Phi) is 19.7. The van der Waals surface area contributed by atoms with Crippen molar-refractivity contribution in [3.63, 3.8) is 0 Å². The SMILES string of the molecule is [C-]#[O+].[C-]#[O+].[C-]#[O+].[CH-]=O.[Re].[c-]1cccc2ccc3cccnc3c12. The first-order valence-corrected chi connectivity index (χ1v) is 5.44. The Morgan fingerprint density at radius 1 is 0.870 bits per heavy atom. The van der Waals surface area contributed by atoms with Crippen LogP contribution in [0.3, 0.4) is 0 Å². The standard InChI is InChI=1S/C13H8N.CHO.3CO.Re/c1-2-6-12-10(4-1)7-8-11-5-3-9-14-13(11)12;4*1-2;/h1-5,7-9H;1H;;;;/q2*-1;;;;. The maximum atomic E-state index is 7.75. The quantitative estimate of drug-likeness (QED) is 0.216. The van der Waals surface area contributed by atoms with Gasteiger partial charge >= 0.3 is 33.9 Å². The van der Waals surface area contributed by atoms with E-state index in [1.165, 1.54) is 10.8 Å². The third-order valence-electron chi connectivity index (χ3n) is 2.41. The monoisotopic (exact) mass is 478 g/mol. The van der Waals surface area contributed by atoms with Crippen LogP contribution in [0.25, 0.3) is 21.7 Å². The van der Waals surface area contributed by atoms with Crippen molar-refractivity contribution in [1.82, 2.24) is 4.98 Å². The molecule has 0 spiro atoms. The molecule has 0 unspecified atom stereocenters. The van der Waals surface area contributed by atoms with Crippen molar-refractivity contribution < 1.29 is 39.2 Å². The van der Waals surface area contributed by atoms with E-state index in [-0.39, 0.29) is 20.4 Å². The fourth-order valence-corrected chi connectivity index (χ4v) is 1.73. The molecule has 5 nitrogen and oxygen atoms in total.